The zero-order valence-corrected chi connectivity index (χ0v) is 12.0. The third-order valence-electron chi connectivity index (χ3n) is 3.15. The highest BCUT2D eigenvalue weighted by molar-refractivity contribution is 5.87. The van der Waals surface area contributed by atoms with Gasteiger partial charge in [-0.05, 0) is 30.5 Å². The molecule has 0 fully saturated rings. The fourth-order valence-electron chi connectivity index (χ4n) is 2.04. The number of aromatic carboxylic acids is 1. The van der Waals surface area contributed by atoms with Crippen molar-refractivity contribution in [3.63, 3.8) is 0 Å². The van der Waals surface area contributed by atoms with Crippen LogP contribution in [0.25, 0.3) is 0 Å². The van der Waals surface area contributed by atoms with Crippen molar-refractivity contribution in [2.45, 2.75) is 26.2 Å². The van der Waals surface area contributed by atoms with E-state index in [1.165, 1.54) is 0 Å². The van der Waals surface area contributed by atoms with Crippen molar-refractivity contribution >= 4 is 11.8 Å². The maximum Gasteiger partial charge on any atom is 0.335 e. The Hall–Kier alpha value is -2.43. The summed E-state index contributed by atoms with van der Waals surface area (Å²) in [5, 5.41) is 12.1. The second-order valence-corrected chi connectivity index (χ2v) is 4.82. The van der Waals surface area contributed by atoms with E-state index < -0.39 is 5.97 Å². The molecule has 5 nitrogen and oxygen atoms in total. The molecule has 2 rings (SSSR count). The molecule has 2 aromatic rings. The average molecular weight is 285 g/mol. The monoisotopic (exact) mass is 285 g/mol. The van der Waals surface area contributed by atoms with Crippen LogP contribution in [0.1, 0.15) is 35.0 Å². The minimum absolute atomic E-state index is 0.312. The molecule has 0 spiro atoms. The van der Waals surface area contributed by atoms with Gasteiger partial charge >= 0.3 is 5.97 Å². The first kappa shape index (κ1) is 15.0. The van der Waals surface area contributed by atoms with Crippen LogP contribution in [0.2, 0.25) is 0 Å². The predicted molar refractivity (Wildman–Crippen MR) is 81.6 cm³/mol. The smallest absolute Gasteiger partial charge is 0.335 e. The van der Waals surface area contributed by atoms with Gasteiger partial charge in [-0.15, -0.1) is 0 Å². The highest BCUT2D eigenvalue weighted by Gasteiger charge is 2.02. The maximum absolute atomic E-state index is 10.8. The summed E-state index contributed by atoms with van der Waals surface area (Å²) in [4.78, 5) is 19.2. The number of aromatic nitrogens is 2. The summed E-state index contributed by atoms with van der Waals surface area (Å²) in [6.45, 7) is 2.87. The number of carboxylic acids is 1. The van der Waals surface area contributed by atoms with Crippen molar-refractivity contribution in [2.75, 3.05) is 11.9 Å². The molecule has 0 amide bonds. The zero-order chi connectivity index (χ0) is 15.1. The minimum atomic E-state index is -0.899. The van der Waals surface area contributed by atoms with Crippen LogP contribution in [0.4, 0.5) is 5.82 Å². The lowest BCUT2D eigenvalue weighted by atomic mass is 10.1. The Morgan fingerprint density at radius 3 is 2.62 bits per heavy atom. The lowest BCUT2D eigenvalue weighted by Crippen LogP contribution is -2.07. The molecule has 0 aliphatic carbocycles. The number of carboxylic acid groups (broad SMARTS) is 1. The number of anilines is 1. The van der Waals surface area contributed by atoms with Gasteiger partial charge in [0.15, 0.2) is 0 Å². The number of aryl methyl sites for hydroxylation is 1. The molecule has 110 valence electrons. The summed E-state index contributed by atoms with van der Waals surface area (Å²) in [7, 11) is 0. The standard InChI is InChI=1S/C16H19N3O2/c1-2-3-14-10-15(19-11-18-14)17-9-8-12-4-6-13(7-5-12)16(20)21/h4-7,10-11H,2-3,8-9H2,1H3,(H,20,21)(H,17,18,19). The van der Waals surface area contributed by atoms with Crippen LogP contribution < -0.4 is 5.32 Å². The Bertz CT molecular complexity index is 597. The molecule has 2 N–H and O–H groups in total. The SMILES string of the molecule is CCCc1cc(NCCc2ccc(C(=O)O)cc2)ncn1. The fraction of sp³-hybridized carbons (Fsp3) is 0.312. The van der Waals surface area contributed by atoms with E-state index in [0.717, 1.165) is 42.9 Å². The van der Waals surface area contributed by atoms with Crippen molar-refractivity contribution < 1.29 is 9.90 Å². The molecule has 0 aliphatic rings. The van der Waals surface area contributed by atoms with Crippen LogP contribution >= 0.6 is 0 Å². The summed E-state index contributed by atoms with van der Waals surface area (Å²) in [5.74, 6) is -0.0697. The second-order valence-electron chi connectivity index (χ2n) is 4.82. The molecule has 1 aromatic carbocycles. The quantitative estimate of drug-likeness (QED) is 0.818. The van der Waals surface area contributed by atoms with E-state index in [0.29, 0.717) is 5.56 Å². The first-order valence-corrected chi connectivity index (χ1v) is 7.06. The van der Waals surface area contributed by atoms with Crippen LogP contribution in [0.3, 0.4) is 0 Å². The third kappa shape index (κ3) is 4.56. The molecule has 0 saturated carbocycles. The Kier molecular flexibility index (Phi) is 5.26. The molecule has 5 heteroatoms. The van der Waals surface area contributed by atoms with Gasteiger partial charge in [0.25, 0.3) is 0 Å². The summed E-state index contributed by atoms with van der Waals surface area (Å²) >= 11 is 0. The van der Waals surface area contributed by atoms with Crippen molar-refractivity contribution in [3.8, 4) is 0 Å². The molecule has 1 heterocycles. The first-order chi connectivity index (χ1) is 10.2. The molecule has 0 saturated heterocycles. The molecule has 1 aromatic heterocycles. The van der Waals surface area contributed by atoms with E-state index in [9.17, 15) is 4.79 Å². The van der Waals surface area contributed by atoms with Gasteiger partial charge in [0.1, 0.15) is 12.1 Å². The predicted octanol–water partition coefficient (Wildman–Crippen LogP) is 2.78. The fourth-order valence-corrected chi connectivity index (χ4v) is 2.04. The number of benzene rings is 1. The van der Waals surface area contributed by atoms with Gasteiger partial charge in [0, 0.05) is 18.3 Å². The number of hydrogen-bond acceptors (Lipinski definition) is 4. The minimum Gasteiger partial charge on any atom is -0.478 e. The van der Waals surface area contributed by atoms with Crippen LogP contribution in [-0.4, -0.2) is 27.6 Å². The van der Waals surface area contributed by atoms with Crippen molar-refractivity contribution in [3.05, 3.63) is 53.5 Å². The van der Waals surface area contributed by atoms with E-state index in [1.807, 2.05) is 18.2 Å². The van der Waals surface area contributed by atoms with E-state index in [4.69, 9.17) is 5.11 Å². The van der Waals surface area contributed by atoms with Gasteiger partial charge in [-0.2, -0.15) is 0 Å². The Balaban J connectivity index is 1.86. The molecule has 0 aliphatic heterocycles. The van der Waals surface area contributed by atoms with Crippen molar-refractivity contribution in [1.82, 2.24) is 9.97 Å². The number of rotatable bonds is 7. The Morgan fingerprint density at radius 2 is 1.95 bits per heavy atom. The molecule has 0 unspecified atom stereocenters. The lowest BCUT2D eigenvalue weighted by Gasteiger charge is -2.07. The van der Waals surface area contributed by atoms with Gasteiger partial charge in [-0.25, -0.2) is 14.8 Å². The first-order valence-electron chi connectivity index (χ1n) is 7.06. The van der Waals surface area contributed by atoms with Crippen LogP contribution in [0, 0.1) is 0 Å². The molecule has 0 radical (unpaired) electrons. The summed E-state index contributed by atoms with van der Waals surface area (Å²) in [6.07, 6.45) is 4.40. The topological polar surface area (TPSA) is 75.1 Å². The highest BCUT2D eigenvalue weighted by Crippen LogP contribution is 2.08. The maximum atomic E-state index is 10.8. The van der Waals surface area contributed by atoms with Gasteiger partial charge < -0.3 is 10.4 Å². The van der Waals surface area contributed by atoms with Crippen LogP contribution in [-0.2, 0) is 12.8 Å². The van der Waals surface area contributed by atoms with E-state index in [2.05, 4.69) is 22.2 Å². The lowest BCUT2D eigenvalue weighted by molar-refractivity contribution is 0.0697. The second kappa shape index (κ2) is 7.38. The number of hydrogen-bond donors (Lipinski definition) is 2. The van der Waals surface area contributed by atoms with Gasteiger partial charge in [0.2, 0.25) is 0 Å². The molecular weight excluding hydrogens is 266 g/mol. The molecular formula is C16H19N3O2. The van der Waals surface area contributed by atoms with Crippen LogP contribution in [0.15, 0.2) is 36.7 Å². The van der Waals surface area contributed by atoms with Crippen molar-refractivity contribution in [1.29, 1.82) is 0 Å². The summed E-state index contributed by atoms with van der Waals surface area (Å²) in [5.41, 5.74) is 2.45. The normalized spacial score (nSPS) is 10.3. The largest absolute Gasteiger partial charge is 0.478 e. The van der Waals surface area contributed by atoms with Gasteiger partial charge in [-0.3, -0.25) is 0 Å². The Labute approximate surface area is 124 Å². The zero-order valence-electron chi connectivity index (χ0n) is 12.0. The number of nitrogens with zero attached hydrogens (tertiary/aromatic N) is 2. The highest BCUT2D eigenvalue weighted by atomic mass is 16.4. The Morgan fingerprint density at radius 1 is 1.19 bits per heavy atom. The molecule has 21 heavy (non-hydrogen) atoms. The van der Waals surface area contributed by atoms with Crippen molar-refractivity contribution in [2.24, 2.45) is 0 Å². The van der Waals surface area contributed by atoms with E-state index >= 15 is 0 Å². The average Bonchev–Trinajstić information content (AvgIpc) is 2.48. The molecule has 0 atom stereocenters. The number of carbonyl (C=O) groups is 1. The van der Waals surface area contributed by atoms with Crippen LogP contribution in [0.5, 0.6) is 0 Å². The van der Waals surface area contributed by atoms with Gasteiger partial charge in [0.05, 0.1) is 5.56 Å². The number of nitrogens with one attached hydrogen (secondary N) is 1. The van der Waals surface area contributed by atoms with Gasteiger partial charge in [-0.1, -0.05) is 25.5 Å². The van der Waals surface area contributed by atoms with E-state index in [-0.39, 0.29) is 0 Å². The summed E-state index contributed by atoms with van der Waals surface area (Å²) < 4.78 is 0. The molecule has 0 bridgehead atoms. The third-order valence-corrected chi connectivity index (χ3v) is 3.15. The summed E-state index contributed by atoms with van der Waals surface area (Å²) in [6, 6.07) is 8.90. The van der Waals surface area contributed by atoms with E-state index in [1.54, 1.807) is 18.5 Å².